The molecule has 0 unspecified atom stereocenters. The standard InChI is InChI=1S/C21H21N3O4S/c1-26-15-10-17(28-3)16(27-2)9-14(15)20-19-21(23-18(25)11-29-20)22-12-24(19)13-7-5-4-6-8-13/h4-10,12,20H,11H2,1-3H3,(H,23,25)/t20-/m0/s1. The number of ether oxygens (including phenoxy) is 3. The van der Waals surface area contributed by atoms with Crippen molar-refractivity contribution >= 4 is 23.5 Å². The number of carbonyl (C=O) groups excluding carboxylic acids is 1. The lowest BCUT2D eigenvalue weighted by Gasteiger charge is -2.22. The normalized spacial score (nSPS) is 15.8. The fraction of sp³-hybridized carbons (Fsp3) is 0.238. The molecule has 7 nitrogen and oxygen atoms in total. The number of methoxy groups -OCH3 is 3. The Labute approximate surface area is 173 Å². The van der Waals surface area contributed by atoms with Gasteiger partial charge in [0.05, 0.1) is 38.0 Å². The van der Waals surface area contributed by atoms with E-state index in [-0.39, 0.29) is 11.2 Å². The molecule has 4 rings (SSSR count). The summed E-state index contributed by atoms with van der Waals surface area (Å²) in [5, 5.41) is 2.71. The minimum atomic E-state index is -0.207. The number of aromatic nitrogens is 2. The van der Waals surface area contributed by atoms with Gasteiger partial charge in [0.25, 0.3) is 0 Å². The molecule has 0 bridgehead atoms. The zero-order valence-electron chi connectivity index (χ0n) is 16.3. The average molecular weight is 411 g/mol. The Balaban J connectivity index is 1.92. The summed E-state index contributed by atoms with van der Waals surface area (Å²) in [5.41, 5.74) is 2.71. The van der Waals surface area contributed by atoms with Gasteiger partial charge in [0.1, 0.15) is 12.1 Å². The van der Waals surface area contributed by atoms with Crippen LogP contribution in [-0.4, -0.2) is 42.5 Å². The van der Waals surface area contributed by atoms with Gasteiger partial charge in [0.15, 0.2) is 17.3 Å². The van der Waals surface area contributed by atoms with Crippen LogP contribution in [0.4, 0.5) is 5.82 Å². The Hall–Kier alpha value is -3.13. The summed E-state index contributed by atoms with van der Waals surface area (Å²) in [6.45, 7) is 0. The Kier molecular flexibility index (Phi) is 5.35. The summed E-state index contributed by atoms with van der Waals surface area (Å²) in [5.74, 6) is 2.59. The first-order chi connectivity index (χ1) is 14.2. The molecule has 0 radical (unpaired) electrons. The molecule has 0 spiro atoms. The number of amides is 1. The van der Waals surface area contributed by atoms with E-state index in [0.717, 1.165) is 16.9 Å². The van der Waals surface area contributed by atoms with Crippen LogP contribution in [0.1, 0.15) is 16.5 Å². The molecule has 1 aromatic heterocycles. The smallest absolute Gasteiger partial charge is 0.235 e. The van der Waals surface area contributed by atoms with Crippen molar-refractivity contribution in [2.24, 2.45) is 0 Å². The molecule has 2 heterocycles. The highest BCUT2D eigenvalue weighted by atomic mass is 32.2. The molecule has 150 valence electrons. The van der Waals surface area contributed by atoms with Crippen LogP contribution in [0.5, 0.6) is 17.2 Å². The van der Waals surface area contributed by atoms with E-state index in [1.165, 1.54) is 11.8 Å². The molecule has 0 aliphatic carbocycles. The third kappa shape index (κ3) is 3.51. The molecule has 0 fully saturated rings. The maximum absolute atomic E-state index is 12.3. The molecule has 29 heavy (non-hydrogen) atoms. The number of imidazole rings is 1. The number of hydrogen-bond donors (Lipinski definition) is 1. The van der Waals surface area contributed by atoms with Crippen molar-refractivity contribution in [2.45, 2.75) is 5.25 Å². The zero-order valence-corrected chi connectivity index (χ0v) is 17.2. The van der Waals surface area contributed by atoms with E-state index in [1.807, 2.05) is 41.0 Å². The lowest BCUT2D eigenvalue weighted by Crippen LogP contribution is -2.12. The number of thioether (sulfide) groups is 1. The van der Waals surface area contributed by atoms with Gasteiger partial charge in [-0.3, -0.25) is 9.36 Å². The number of nitrogens with one attached hydrogen (secondary N) is 1. The summed E-state index contributed by atoms with van der Waals surface area (Å²) in [7, 11) is 4.80. The highest BCUT2D eigenvalue weighted by Gasteiger charge is 2.32. The molecule has 1 amide bonds. The molecule has 1 aliphatic rings. The fourth-order valence-corrected chi connectivity index (χ4v) is 4.54. The predicted octanol–water partition coefficient (Wildman–Crippen LogP) is 3.67. The summed E-state index contributed by atoms with van der Waals surface area (Å²) < 4.78 is 18.6. The second kappa shape index (κ2) is 8.08. The van der Waals surface area contributed by atoms with Gasteiger partial charge in [-0.15, -0.1) is 11.8 Å². The largest absolute Gasteiger partial charge is 0.496 e. The average Bonchev–Trinajstić information content (AvgIpc) is 3.09. The van der Waals surface area contributed by atoms with E-state index in [0.29, 0.717) is 28.8 Å². The fourth-order valence-electron chi connectivity index (χ4n) is 3.40. The number of anilines is 1. The molecule has 0 saturated heterocycles. The van der Waals surface area contributed by atoms with Gasteiger partial charge in [0.2, 0.25) is 5.91 Å². The van der Waals surface area contributed by atoms with Gasteiger partial charge in [-0.05, 0) is 18.2 Å². The van der Waals surface area contributed by atoms with E-state index in [2.05, 4.69) is 10.3 Å². The van der Waals surface area contributed by atoms with Crippen LogP contribution in [0.15, 0.2) is 48.8 Å². The van der Waals surface area contributed by atoms with Gasteiger partial charge >= 0.3 is 0 Å². The van der Waals surface area contributed by atoms with Gasteiger partial charge in [0, 0.05) is 17.3 Å². The predicted molar refractivity (Wildman–Crippen MR) is 113 cm³/mol. The van der Waals surface area contributed by atoms with Gasteiger partial charge < -0.3 is 19.5 Å². The summed E-state index contributed by atoms with van der Waals surface area (Å²) in [4.78, 5) is 16.8. The number of para-hydroxylation sites is 1. The molecular weight excluding hydrogens is 390 g/mol. The molecule has 1 N–H and O–H groups in total. The molecule has 2 aromatic carbocycles. The molecule has 0 saturated carbocycles. The van der Waals surface area contributed by atoms with Crippen LogP contribution in [0.2, 0.25) is 0 Å². The van der Waals surface area contributed by atoms with E-state index < -0.39 is 0 Å². The van der Waals surface area contributed by atoms with Crippen LogP contribution in [0, 0.1) is 0 Å². The summed E-state index contributed by atoms with van der Waals surface area (Å²) in [6.07, 6.45) is 1.73. The van der Waals surface area contributed by atoms with E-state index in [1.54, 1.807) is 33.7 Å². The number of fused-ring (bicyclic) bond motifs is 1. The first-order valence-electron chi connectivity index (χ1n) is 9.00. The van der Waals surface area contributed by atoms with Crippen molar-refractivity contribution in [1.29, 1.82) is 0 Å². The Morgan fingerprint density at radius 3 is 2.41 bits per heavy atom. The number of hydrogen-bond acceptors (Lipinski definition) is 6. The molecular formula is C21H21N3O4S. The monoisotopic (exact) mass is 411 g/mol. The van der Waals surface area contributed by atoms with E-state index in [9.17, 15) is 4.79 Å². The number of nitrogens with zero attached hydrogens (tertiary/aromatic N) is 2. The molecule has 1 aliphatic heterocycles. The van der Waals surface area contributed by atoms with Crippen molar-refractivity contribution in [2.75, 3.05) is 32.4 Å². The van der Waals surface area contributed by atoms with Crippen molar-refractivity contribution in [3.8, 4) is 22.9 Å². The highest BCUT2D eigenvalue weighted by Crippen LogP contribution is 2.48. The van der Waals surface area contributed by atoms with Gasteiger partial charge in [-0.1, -0.05) is 18.2 Å². The molecule has 1 atom stereocenters. The van der Waals surface area contributed by atoms with Crippen molar-refractivity contribution < 1.29 is 19.0 Å². The number of benzene rings is 2. The van der Waals surface area contributed by atoms with Crippen molar-refractivity contribution in [3.05, 3.63) is 60.0 Å². The Bertz CT molecular complexity index is 1040. The van der Waals surface area contributed by atoms with E-state index >= 15 is 0 Å². The second-order valence-corrected chi connectivity index (χ2v) is 7.47. The first-order valence-corrected chi connectivity index (χ1v) is 10.0. The topological polar surface area (TPSA) is 74.6 Å². The van der Waals surface area contributed by atoms with Crippen LogP contribution >= 0.6 is 11.8 Å². The first kappa shape index (κ1) is 19.2. The minimum absolute atomic E-state index is 0.0866. The van der Waals surface area contributed by atoms with Gasteiger partial charge in [-0.2, -0.15) is 0 Å². The minimum Gasteiger partial charge on any atom is -0.496 e. The van der Waals surface area contributed by atoms with Crippen molar-refractivity contribution in [1.82, 2.24) is 9.55 Å². The lowest BCUT2D eigenvalue weighted by molar-refractivity contribution is -0.113. The number of rotatable bonds is 5. The number of carbonyl (C=O) groups is 1. The third-order valence-corrected chi connectivity index (χ3v) is 5.98. The quantitative estimate of drug-likeness (QED) is 0.691. The maximum Gasteiger partial charge on any atom is 0.235 e. The SMILES string of the molecule is COc1cc(OC)c([C@@H]2SCC(=O)Nc3ncn(-c4ccccc4)c32)cc1OC. The third-order valence-electron chi connectivity index (χ3n) is 4.74. The molecule has 8 heteroatoms. The van der Waals surface area contributed by atoms with Crippen LogP contribution in [-0.2, 0) is 4.79 Å². The maximum atomic E-state index is 12.3. The Morgan fingerprint density at radius 1 is 1.03 bits per heavy atom. The van der Waals surface area contributed by atoms with Crippen molar-refractivity contribution in [3.63, 3.8) is 0 Å². The Morgan fingerprint density at radius 2 is 1.72 bits per heavy atom. The molecule has 3 aromatic rings. The summed E-state index contributed by atoms with van der Waals surface area (Å²) in [6, 6.07) is 13.6. The van der Waals surface area contributed by atoms with Crippen LogP contribution < -0.4 is 19.5 Å². The summed E-state index contributed by atoms with van der Waals surface area (Å²) >= 11 is 1.51. The van der Waals surface area contributed by atoms with Crippen LogP contribution in [0.25, 0.3) is 5.69 Å². The van der Waals surface area contributed by atoms with Crippen LogP contribution in [0.3, 0.4) is 0 Å². The highest BCUT2D eigenvalue weighted by molar-refractivity contribution is 8.00. The zero-order chi connectivity index (χ0) is 20.4. The second-order valence-electron chi connectivity index (χ2n) is 6.37. The lowest BCUT2D eigenvalue weighted by atomic mass is 10.1. The van der Waals surface area contributed by atoms with E-state index in [4.69, 9.17) is 14.2 Å². The van der Waals surface area contributed by atoms with Gasteiger partial charge in [-0.25, -0.2) is 4.98 Å².